The number of ether oxygens (including phenoxy) is 2. The molecule has 1 aliphatic carbocycles. The zero-order valence-electron chi connectivity index (χ0n) is 14.6. The molecule has 3 fully saturated rings. The molecule has 4 rings (SSSR count). The van der Waals surface area contributed by atoms with Crippen molar-refractivity contribution in [3.05, 3.63) is 30.3 Å². The summed E-state index contributed by atoms with van der Waals surface area (Å²) in [5.74, 6) is 0.775. The standard InChI is InChI=1S/C19H27NO4S/c21-25(22,18-4-2-1-3-5-18)20-11-9-19(10-12-20)14-17(8-13-24-19)23-15-16-6-7-16/h1-5,16-17H,6-15H2. The normalized spacial score (nSPS) is 27.4. The lowest BCUT2D eigenvalue weighted by atomic mass is 9.84. The Morgan fingerprint density at radius 1 is 1.12 bits per heavy atom. The molecular weight excluding hydrogens is 338 g/mol. The van der Waals surface area contributed by atoms with Crippen LogP contribution in [0.2, 0.25) is 0 Å². The van der Waals surface area contributed by atoms with E-state index in [1.54, 1.807) is 28.6 Å². The molecule has 0 N–H and O–H groups in total. The molecule has 138 valence electrons. The van der Waals surface area contributed by atoms with Gasteiger partial charge in [-0.3, -0.25) is 0 Å². The Hall–Kier alpha value is -0.950. The summed E-state index contributed by atoms with van der Waals surface area (Å²) in [5.41, 5.74) is -0.199. The number of rotatable bonds is 5. The molecule has 0 bridgehead atoms. The Morgan fingerprint density at radius 2 is 1.84 bits per heavy atom. The molecule has 3 aliphatic rings. The number of hydrogen-bond acceptors (Lipinski definition) is 4. The third-order valence-corrected chi connectivity index (χ3v) is 7.64. The van der Waals surface area contributed by atoms with Gasteiger partial charge in [-0.15, -0.1) is 0 Å². The highest BCUT2D eigenvalue weighted by atomic mass is 32.2. The quantitative estimate of drug-likeness (QED) is 0.805. The third kappa shape index (κ3) is 3.92. The van der Waals surface area contributed by atoms with Crippen molar-refractivity contribution in [3.63, 3.8) is 0 Å². The van der Waals surface area contributed by atoms with Gasteiger partial charge < -0.3 is 9.47 Å². The number of nitrogens with zero attached hydrogens (tertiary/aromatic N) is 1. The van der Waals surface area contributed by atoms with Gasteiger partial charge in [-0.25, -0.2) is 8.42 Å². The molecule has 1 atom stereocenters. The van der Waals surface area contributed by atoms with Gasteiger partial charge in [-0.05, 0) is 50.2 Å². The van der Waals surface area contributed by atoms with Gasteiger partial charge >= 0.3 is 0 Å². The number of benzene rings is 1. The Bertz CT molecular complexity index is 679. The molecule has 6 heteroatoms. The first-order valence-corrected chi connectivity index (χ1v) is 10.8. The van der Waals surface area contributed by atoms with Crippen molar-refractivity contribution >= 4 is 10.0 Å². The molecule has 0 aromatic heterocycles. The Balaban J connectivity index is 1.37. The lowest BCUT2D eigenvalue weighted by Gasteiger charge is -2.45. The van der Waals surface area contributed by atoms with Crippen molar-refractivity contribution < 1.29 is 17.9 Å². The van der Waals surface area contributed by atoms with Crippen LogP contribution in [0.1, 0.15) is 38.5 Å². The van der Waals surface area contributed by atoms with Gasteiger partial charge in [0.25, 0.3) is 0 Å². The molecular formula is C19H27NO4S. The maximum absolute atomic E-state index is 12.8. The van der Waals surface area contributed by atoms with Crippen LogP contribution in [0.25, 0.3) is 0 Å². The van der Waals surface area contributed by atoms with Crippen molar-refractivity contribution in [2.24, 2.45) is 5.92 Å². The lowest BCUT2D eigenvalue weighted by Crippen LogP contribution is -2.52. The van der Waals surface area contributed by atoms with E-state index in [-0.39, 0.29) is 11.7 Å². The van der Waals surface area contributed by atoms with Gasteiger partial charge in [0, 0.05) is 32.7 Å². The fraction of sp³-hybridized carbons (Fsp3) is 0.684. The highest BCUT2D eigenvalue weighted by Crippen LogP contribution is 2.38. The molecule has 1 unspecified atom stereocenters. The highest BCUT2D eigenvalue weighted by molar-refractivity contribution is 7.89. The highest BCUT2D eigenvalue weighted by Gasteiger charge is 2.43. The number of piperidine rings is 1. The van der Waals surface area contributed by atoms with E-state index in [2.05, 4.69) is 0 Å². The zero-order chi connectivity index (χ0) is 17.3. The molecule has 1 aromatic rings. The summed E-state index contributed by atoms with van der Waals surface area (Å²) in [7, 11) is -3.40. The molecule has 0 amide bonds. The van der Waals surface area contributed by atoms with Crippen LogP contribution in [0.5, 0.6) is 0 Å². The van der Waals surface area contributed by atoms with Gasteiger partial charge in [0.1, 0.15) is 0 Å². The van der Waals surface area contributed by atoms with Crippen LogP contribution < -0.4 is 0 Å². The minimum absolute atomic E-state index is 0.199. The molecule has 1 spiro atoms. The average Bonchev–Trinajstić information content (AvgIpc) is 3.46. The summed E-state index contributed by atoms with van der Waals surface area (Å²) >= 11 is 0. The first-order chi connectivity index (χ1) is 12.1. The fourth-order valence-corrected chi connectivity index (χ4v) is 5.37. The maximum Gasteiger partial charge on any atom is 0.243 e. The Morgan fingerprint density at radius 3 is 2.52 bits per heavy atom. The van der Waals surface area contributed by atoms with E-state index >= 15 is 0 Å². The molecule has 1 saturated carbocycles. The minimum Gasteiger partial charge on any atom is -0.378 e. The van der Waals surface area contributed by atoms with Crippen LogP contribution in [0.4, 0.5) is 0 Å². The largest absolute Gasteiger partial charge is 0.378 e. The summed E-state index contributed by atoms with van der Waals surface area (Å²) in [6.07, 6.45) is 6.25. The number of sulfonamides is 1. The lowest BCUT2D eigenvalue weighted by molar-refractivity contribution is -0.151. The molecule has 1 aromatic carbocycles. The van der Waals surface area contributed by atoms with Gasteiger partial charge in [0.15, 0.2) is 0 Å². The van der Waals surface area contributed by atoms with Crippen molar-refractivity contribution in [1.29, 1.82) is 0 Å². The third-order valence-electron chi connectivity index (χ3n) is 5.73. The number of hydrogen-bond donors (Lipinski definition) is 0. The summed E-state index contributed by atoms with van der Waals surface area (Å²) in [6, 6.07) is 8.70. The second-order valence-electron chi connectivity index (χ2n) is 7.64. The van der Waals surface area contributed by atoms with E-state index in [1.807, 2.05) is 6.07 Å². The predicted molar refractivity (Wildman–Crippen MR) is 94.8 cm³/mol. The molecule has 25 heavy (non-hydrogen) atoms. The Kier molecular flexibility index (Phi) is 4.88. The van der Waals surface area contributed by atoms with E-state index in [4.69, 9.17) is 9.47 Å². The van der Waals surface area contributed by atoms with Crippen LogP contribution >= 0.6 is 0 Å². The fourth-order valence-electron chi connectivity index (χ4n) is 3.91. The molecule has 2 heterocycles. The van der Waals surface area contributed by atoms with E-state index in [0.29, 0.717) is 18.0 Å². The topological polar surface area (TPSA) is 55.8 Å². The SMILES string of the molecule is O=S(=O)(c1ccccc1)N1CCC2(CC1)CC(OCC1CC1)CCO2. The maximum atomic E-state index is 12.8. The smallest absolute Gasteiger partial charge is 0.243 e. The van der Waals surface area contributed by atoms with Crippen molar-refractivity contribution in [3.8, 4) is 0 Å². The summed E-state index contributed by atoms with van der Waals surface area (Å²) in [5, 5.41) is 0. The van der Waals surface area contributed by atoms with Crippen LogP contribution in [0, 0.1) is 5.92 Å². The van der Waals surface area contributed by atoms with E-state index in [1.165, 1.54) is 12.8 Å². The van der Waals surface area contributed by atoms with Crippen LogP contribution in [-0.4, -0.2) is 50.7 Å². The van der Waals surface area contributed by atoms with E-state index in [0.717, 1.165) is 44.8 Å². The summed E-state index contributed by atoms with van der Waals surface area (Å²) < 4.78 is 39.3. The van der Waals surface area contributed by atoms with Gasteiger partial charge in [-0.1, -0.05) is 18.2 Å². The van der Waals surface area contributed by atoms with Gasteiger partial charge in [-0.2, -0.15) is 4.31 Å². The summed E-state index contributed by atoms with van der Waals surface area (Å²) in [4.78, 5) is 0.376. The second kappa shape index (κ2) is 6.99. The second-order valence-corrected chi connectivity index (χ2v) is 9.58. The monoisotopic (exact) mass is 365 g/mol. The van der Waals surface area contributed by atoms with Crippen LogP contribution in [0.15, 0.2) is 35.2 Å². The van der Waals surface area contributed by atoms with E-state index in [9.17, 15) is 8.42 Å². The van der Waals surface area contributed by atoms with Gasteiger partial charge in [0.05, 0.1) is 16.6 Å². The van der Waals surface area contributed by atoms with Crippen LogP contribution in [0.3, 0.4) is 0 Å². The average molecular weight is 365 g/mol. The first-order valence-electron chi connectivity index (χ1n) is 9.38. The van der Waals surface area contributed by atoms with E-state index < -0.39 is 10.0 Å². The van der Waals surface area contributed by atoms with Crippen molar-refractivity contribution in [2.75, 3.05) is 26.3 Å². The predicted octanol–water partition coefficient (Wildman–Crippen LogP) is 2.82. The Labute approximate surface area is 150 Å². The summed E-state index contributed by atoms with van der Waals surface area (Å²) in [6.45, 7) is 2.65. The molecule has 0 radical (unpaired) electrons. The van der Waals surface area contributed by atoms with Crippen molar-refractivity contribution in [2.45, 2.75) is 55.1 Å². The van der Waals surface area contributed by atoms with Crippen LogP contribution in [-0.2, 0) is 19.5 Å². The molecule has 2 aliphatic heterocycles. The zero-order valence-corrected chi connectivity index (χ0v) is 15.4. The molecule has 5 nitrogen and oxygen atoms in total. The van der Waals surface area contributed by atoms with Gasteiger partial charge in [0.2, 0.25) is 10.0 Å². The van der Waals surface area contributed by atoms with Crippen molar-refractivity contribution in [1.82, 2.24) is 4.31 Å². The molecule has 2 saturated heterocycles. The first kappa shape index (κ1) is 17.5. The minimum atomic E-state index is -3.40.